The van der Waals surface area contributed by atoms with Crippen LogP contribution in [0.25, 0.3) is 0 Å². The molecule has 70 valence electrons. The minimum absolute atomic E-state index is 1.29. The first-order valence-corrected chi connectivity index (χ1v) is 4.90. The fourth-order valence-corrected chi connectivity index (χ4v) is 1.68. The maximum absolute atomic E-state index is 2.18. The SMILES string of the molecule is CC1=CC=CC2=CC=CC=CC2=C1C. The summed E-state index contributed by atoms with van der Waals surface area (Å²) < 4.78 is 0. The molecule has 0 nitrogen and oxygen atoms in total. The van der Waals surface area contributed by atoms with E-state index in [9.17, 15) is 0 Å². The second-order valence-electron chi connectivity index (χ2n) is 3.61. The molecule has 0 aliphatic heterocycles. The highest BCUT2D eigenvalue weighted by Gasteiger charge is 2.07. The Morgan fingerprint density at radius 2 is 1.64 bits per heavy atom. The van der Waals surface area contributed by atoms with Gasteiger partial charge in [0.15, 0.2) is 0 Å². The highest BCUT2D eigenvalue weighted by Crippen LogP contribution is 2.26. The molecular weight excluding hydrogens is 168 g/mol. The monoisotopic (exact) mass is 182 g/mol. The van der Waals surface area contributed by atoms with E-state index in [2.05, 4.69) is 62.5 Å². The summed E-state index contributed by atoms with van der Waals surface area (Å²) in [4.78, 5) is 0. The lowest BCUT2D eigenvalue weighted by Gasteiger charge is -2.07. The average molecular weight is 182 g/mol. The standard InChI is InChI=1S/C14H14/c1-11-7-6-9-13-8-4-3-5-10-14(13)12(11)2/h3-10H,1-2H3. The number of hydrogen-bond acceptors (Lipinski definition) is 0. The van der Waals surface area contributed by atoms with Crippen molar-refractivity contribution in [2.75, 3.05) is 0 Å². The molecule has 0 saturated heterocycles. The summed E-state index contributed by atoms with van der Waals surface area (Å²) in [6.07, 6.45) is 17.0. The van der Waals surface area contributed by atoms with Crippen LogP contribution in [0.3, 0.4) is 0 Å². The van der Waals surface area contributed by atoms with Crippen LogP contribution in [0.2, 0.25) is 0 Å². The predicted octanol–water partition coefficient (Wildman–Crippen LogP) is 3.87. The van der Waals surface area contributed by atoms with E-state index >= 15 is 0 Å². The average Bonchev–Trinajstić information content (AvgIpc) is 2.46. The molecule has 2 aliphatic carbocycles. The molecule has 0 amide bonds. The van der Waals surface area contributed by atoms with Crippen molar-refractivity contribution in [2.24, 2.45) is 0 Å². The number of rotatable bonds is 0. The highest BCUT2D eigenvalue weighted by atomic mass is 14.1. The molecule has 14 heavy (non-hydrogen) atoms. The molecule has 0 unspecified atom stereocenters. The topological polar surface area (TPSA) is 0 Å². The Kier molecular flexibility index (Phi) is 2.36. The van der Waals surface area contributed by atoms with Gasteiger partial charge in [-0.1, -0.05) is 48.6 Å². The molecule has 0 saturated carbocycles. The van der Waals surface area contributed by atoms with Crippen LogP contribution in [0, 0.1) is 0 Å². The smallest absolute Gasteiger partial charge is 0.0152 e. The first kappa shape index (κ1) is 9.01. The lowest BCUT2D eigenvalue weighted by molar-refractivity contribution is 1.31. The van der Waals surface area contributed by atoms with Crippen molar-refractivity contribution < 1.29 is 0 Å². The normalized spacial score (nSPS) is 19.9. The minimum Gasteiger partial charge on any atom is -0.0622 e. The minimum atomic E-state index is 1.29. The van der Waals surface area contributed by atoms with E-state index < -0.39 is 0 Å². The second-order valence-corrected chi connectivity index (χ2v) is 3.61. The molecular formula is C14H14. The Balaban J connectivity index is 2.61. The zero-order valence-electron chi connectivity index (χ0n) is 8.62. The van der Waals surface area contributed by atoms with Crippen LogP contribution < -0.4 is 0 Å². The van der Waals surface area contributed by atoms with E-state index in [0.29, 0.717) is 0 Å². The predicted molar refractivity (Wildman–Crippen MR) is 62.0 cm³/mol. The quantitative estimate of drug-likeness (QED) is 0.533. The van der Waals surface area contributed by atoms with Crippen molar-refractivity contribution >= 4 is 0 Å². The molecule has 2 aliphatic rings. The van der Waals surface area contributed by atoms with E-state index in [0.717, 1.165) is 0 Å². The van der Waals surface area contributed by atoms with E-state index in [1.54, 1.807) is 0 Å². The lowest BCUT2D eigenvalue weighted by atomic mass is 9.98. The zero-order valence-corrected chi connectivity index (χ0v) is 8.62. The van der Waals surface area contributed by atoms with Gasteiger partial charge in [-0.3, -0.25) is 0 Å². The van der Waals surface area contributed by atoms with Crippen LogP contribution in [-0.2, 0) is 0 Å². The summed E-state index contributed by atoms with van der Waals surface area (Å²) in [6, 6.07) is 0. The Morgan fingerprint density at radius 1 is 0.786 bits per heavy atom. The van der Waals surface area contributed by atoms with Gasteiger partial charge in [-0.2, -0.15) is 0 Å². The Bertz CT molecular complexity index is 421. The van der Waals surface area contributed by atoms with Crippen LogP contribution in [0.1, 0.15) is 13.8 Å². The van der Waals surface area contributed by atoms with Crippen molar-refractivity contribution in [2.45, 2.75) is 13.8 Å². The van der Waals surface area contributed by atoms with Crippen molar-refractivity contribution in [3.8, 4) is 0 Å². The summed E-state index contributed by atoms with van der Waals surface area (Å²) in [5, 5.41) is 0. The van der Waals surface area contributed by atoms with Gasteiger partial charge in [0, 0.05) is 0 Å². The van der Waals surface area contributed by atoms with E-state index in [1.165, 1.54) is 22.3 Å². The molecule has 0 fully saturated rings. The zero-order chi connectivity index (χ0) is 9.97. The maximum atomic E-state index is 2.18. The van der Waals surface area contributed by atoms with Crippen molar-refractivity contribution in [1.29, 1.82) is 0 Å². The van der Waals surface area contributed by atoms with Gasteiger partial charge in [0.05, 0.1) is 0 Å². The molecule has 0 radical (unpaired) electrons. The van der Waals surface area contributed by atoms with Gasteiger partial charge in [0.1, 0.15) is 0 Å². The van der Waals surface area contributed by atoms with Crippen LogP contribution >= 0.6 is 0 Å². The Morgan fingerprint density at radius 3 is 2.50 bits per heavy atom. The van der Waals surface area contributed by atoms with Gasteiger partial charge in [0.2, 0.25) is 0 Å². The number of hydrogen-bond donors (Lipinski definition) is 0. The summed E-state index contributed by atoms with van der Waals surface area (Å²) in [5.41, 5.74) is 5.32. The molecule has 0 aromatic carbocycles. The first-order valence-electron chi connectivity index (χ1n) is 4.90. The Labute approximate surface area is 85.3 Å². The third-order valence-electron chi connectivity index (χ3n) is 2.69. The lowest BCUT2D eigenvalue weighted by Crippen LogP contribution is -1.88. The second kappa shape index (κ2) is 3.67. The van der Waals surface area contributed by atoms with Crippen molar-refractivity contribution in [1.82, 2.24) is 0 Å². The molecule has 0 N–H and O–H groups in total. The van der Waals surface area contributed by atoms with E-state index in [4.69, 9.17) is 0 Å². The first-order chi connectivity index (χ1) is 6.79. The molecule has 0 heterocycles. The summed E-state index contributed by atoms with van der Waals surface area (Å²) in [5.74, 6) is 0. The number of allylic oxidation sites excluding steroid dienone is 12. The summed E-state index contributed by atoms with van der Waals surface area (Å²) >= 11 is 0. The van der Waals surface area contributed by atoms with Gasteiger partial charge < -0.3 is 0 Å². The van der Waals surface area contributed by atoms with Crippen molar-refractivity contribution in [3.63, 3.8) is 0 Å². The van der Waals surface area contributed by atoms with Gasteiger partial charge in [-0.25, -0.2) is 0 Å². The maximum Gasteiger partial charge on any atom is -0.0152 e. The molecule has 0 spiro atoms. The molecule has 0 aromatic rings. The molecule has 0 atom stereocenters. The highest BCUT2D eigenvalue weighted by molar-refractivity contribution is 5.58. The molecule has 0 aromatic heterocycles. The third kappa shape index (κ3) is 1.56. The Hall–Kier alpha value is -1.56. The van der Waals surface area contributed by atoms with Gasteiger partial charge in [-0.05, 0) is 36.1 Å². The molecule has 0 heteroatoms. The van der Waals surface area contributed by atoms with E-state index in [1.807, 2.05) is 0 Å². The summed E-state index contributed by atoms with van der Waals surface area (Å²) in [7, 11) is 0. The van der Waals surface area contributed by atoms with Gasteiger partial charge in [0.25, 0.3) is 0 Å². The van der Waals surface area contributed by atoms with Crippen LogP contribution in [0.15, 0.2) is 70.9 Å². The van der Waals surface area contributed by atoms with Crippen LogP contribution in [-0.4, -0.2) is 0 Å². The van der Waals surface area contributed by atoms with Gasteiger partial charge in [-0.15, -0.1) is 0 Å². The molecule has 2 rings (SSSR count). The van der Waals surface area contributed by atoms with E-state index in [-0.39, 0.29) is 0 Å². The van der Waals surface area contributed by atoms with Crippen molar-refractivity contribution in [3.05, 3.63) is 70.9 Å². The van der Waals surface area contributed by atoms with Crippen LogP contribution in [0.5, 0.6) is 0 Å². The molecule has 0 bridgehead atoms. The fourth-order valence-electron chi connectivity index (χ4n) is 1.68. The largest absolute Gasteiger partial charge is 0.0622 e. The number of fused-ring (bicyclic) bond motifs is 1. The van der Waals surface area contributed by atoms with Crippen LogP contribution in [0.4, 0.5) is 0 Å². The fraction of sp³-hybridized carbons (Fsp3) is 0.143. The van der Waals surface area contributed by atoms with Gasteiger partial charge >= 0.3 is 0 Å². The third-order valence-corrected chi connectivity index (χ3v) is 2.69. The summed E-state index contributed by atoms with van der Waals surface area (Å²) in [6.45, 7) is 4.33.